The zero-order valence-electron chi connectivity index (χ0n) is 11.8. The van der Waals surface area contributed by atoms with Crippen LogP contribution in [-0.4, -0.2) is 19.1 Å². The monoisotopic (exact) mass is 269 g/mol. The Bertz CT molecular complexity index is 566. The summed E-state index contributed by atoms with van der Waals surface area (Å²) in [5.41, 5.74) is 1.77. The van der Waals surface area contributed by atoms with Gasteiger partial charge >= 0.3 is 0 Å². The molecule has 3 nitrogen and oxygen atoms in total. The summed E-state index contributed by atoms with van der Waals surface area (Å²) in [7, 11) is 1.57. The molecular formula is C17H19NO2. The Morgan fingerprint density at radius 1 is 1.10 bits per heavy atom. The first-order valence-electron chi connectivity index (χ1n) is 6.68. The molecule has 0 aliphatic carbocycles. The van der Waals surface area contributed by atoms with Gasteiger partial charge in [0.2, 0.25) is 0 Å². The molecule has 2 aromatic carbocycles. The minimum Gasteiger partial charge on any atom is -0.496 e. The van der Waals surface area contributed by atoms with Crippen molar-refractivity contribution in [2.75, 3.05) is 7.11 Å². The van der Waals surface area contributed by atoms with Crippen LogP contribution in [0.15, 0.2) is 54.6 Å². The number of benzene rings is 2. The molecule has 0 radical (unpaired) electrons. The molecule has 2 aromatic rings. The van der Waals surface area contributed by atoms with E-state index in [1.807, 2.05) is 37.3 Å². The molecule has 1 unspecified atom stereocenters. The van der Waals surface area contributed by atoms with Crippen molar-refractivity contribution in [1.82, 2.24) is 5.32 Å². The second kappa shape index (κ2) is 6.75. The van der Waals surface area contributed by atoms with E-state index >= 15 is 0 Å². The van der Waals surface area contributed by atoms with E-state index in [1.165, 1.54) is 5.56 Å². The zero-order chi connectivity index (χ0) is 14.4. The first kappa shape index (κ1) is 14.1. The van der Waals surface area contributed by atoms with Gasteiger partial charge in [-0.1, -0.05) is 42.5 Å². The molecule has 0 saturated carbocycles. The second-order valence-corrected chi connectivity index (χ2v) is 4.76. The van der Waals surface area contributed by atoms with Crippen molar-refractivity contribution in [3.63, 3.8) is 0 Å². The molecule has 0 fully saturated rings. The molecular weight excluding hydrogens is 250 g/mol. The van der Waals surface area contributed by atoms with E-state index < -0.39 is 0 Å². The van der Waals surface area contributed by atoms with Crippen molar-refractivity contribution in [1.29, 1.82) is 0 Å². The number of carbonyl (C=O) groups is 1. The van der Waals surface area contributed by atoms with Gasteiger partial charge in [-0.05, 0) is 31.0 Å². The fourth-order valence-corrected chi connectivity index (χ4v) is 2.15. The number of amides is 1. The molecule has 0 bridgehead atoms. The normalized spacial score (nSPS) is 11.7. The Kier molecular flexibility index (Phi) is 4.77. The van der Waals surface area contributed by atoms with Crippen molar-refractivity contribution in [3.8, 4) is 5.75 Å². The van der Waals surface area contributed by atoms with Crippen molar-refractivity contribution < 1.29 is 9.53 Å². The maximum Gasteiger partial charge on any atom is 0.255 e. The zero-order valence-corrected chi connectivity index (χ0v) is 11.8. The molecule has 0 aromatic heterocycles. The maximum absolute atomic E-state index is 12.2. The number of para-hydroxylation sites is 1. The number of rotatable bonds is 5. The van der Waals surface area contributed by atoms with Crippen LogP contribution in [-0.2, 0) is 6.42 Å². The average Bonchev–Trinajstić information content (AvgIpc) is 2.48. The van der Waals surface area contributed by atoms with Crippen LogP contribution < -0.4 is 10.1 Å². The minimum absolute atomic E-state index is 0.0646. The van der Waals surface area contributed by atoms with E-state index in [2.05, 4.69) is 17.4 Å². The summed E-state index contributed by atoms with van der Waals surface area (Å²) >= 11 is 0. The van der Waals surface area contributed by atoms with Crippen LogP contribution in [0.25, 0.3) is 0 Å². The van der Waals surface area contributed by atoms with E-state index in [0.29, 0.717) is 11.3 Å². The number of ether oxygens (including phenoxy) is 1. The smallest absolute Gasteiger partial charge is 0.255 e. The Balaban J connectivity index is 2.00. The highest BCUT2D eigenvalue weighted by molar-refractivity contribution is 5.97. The Morgan fingerprint density at radius 3 is 2.45 bits per heavy atom. The summed E-state index contributed by atoms with van der Waals surface area (Å²) < 4.78 is 5.21. The molecule has 0 aliphatic rings. The standard InChI is InChI=1S/C17H19NO2/c1-13(12-14-8-4-3-5-9-14)18-17(19)15-10-6-7-11-16(15)20-2/h3-11,13H,12H2,1-2H3,(H,18,19). The SMILES string of the molecule is COc1ccccc1C(=O)NC(C)Cc1ccccc1. The molecule has 0 heterocycles. The average molecular weight is 269 g/mol. The largest absolute Gasteiger partial charge is 0.496 e. The van der Waals surface area contributed by atoms with Gasteiger partial charge in [-0.15, -0.1) is 0 Å². The summed E-state index contributed by atoms with van der Waals surface area (Å²) in [6, 6.07) is 17.4. The molecule has 0 saturated heterocycles. The Morgan fingerprint density at radius 2 is 1.75 bits per heavy atom. The Hall–Kier alpha value is -2.29. The topological polar surface area (TPSA) is 38.3 Å². The van der Waals surface area contributed by atoms with Crippen LogP contribution >= 0.6 is 0 Å². The van der Waals surface area contributed by atoms with E-state index in [9.17, 15) is 4.79 Å². The molecule has 0 spiro atoms. The van der Waals surface area contributed by atoms with Gasteiger partial charge in [-0.25, -0.2) is 0 Å². The molecule has 1 amide bonds. The summed E-state index contributed by atoms with van der Waals surface area (Å²) in [4.78, 5) is 12.2. The molecule has 1 atom stereocenters. The van der Waals surface area contributed by atoms with Crippen LogP contribution in [0.5, 0.6) is 5.75 Å². The molecule has 0 aliphatic heterocycles. The lowest BCUT2D eigenvalue weighted by Crippen LogP contribution is -2.34. The van der Waals surface area contributed by atoms with Crippen LogP contribution in [0.2, 0.25) is 0 Å². The fourth-order valence-electron chi connectivity index (χ4n) is 2.15. The summed E-state index contributed by atoms with van der Waals surface area (Å²) in [5, 5.41) is 3.00. The quantitative estimate of drug-likeness (QED) is 0.906. The highest BCUT2D eigenvalue weighted by atomic mass is 16.5. The van der Waals surface area contributed by atoms with Crippen molar-refractivity contribution >= 4 is 5.91 Å². The van der Waals surface area contributed by atoms with E-state index in [1.54, 1.807) is 19.2 Å². The molecule has 2 rings (SSSR count). The van der Waals surface area contributed by atoms with Gasteiger partial charge in [-0.3, -0.25) is 4.79 Å². The van der Waals surface area contributed by atoms with Crippen molar-refractivity contribution in [3.05, 3.63) is 65.7 Å². The first-order valence-corrected chi connectivity index (χ1v) is 6.68. The predicted octanol–water partition coefficient (Wildman–Crippen LogP) is 3.06. The number of hydrogen-bond acceptors (Lipinski definition) is 2. The highest BCUT2D eigenvalue weighted by Gasteiger charge is 2.14. The lowest BCUT2D eigenvalue weighted by Gasteiger charge is -2.15. The van der Waals surface area contributed by atoms with E-state index in [-0.39, 0.29) is 11.9 Å². The lowest BCUT2D eigenvalue weighted by molar-refractivity contribution is 0.0937. The highest BCUT2D eigenvalue weighted by Crippen LogP contribution is 2.17. The maximum atomic E-state index is 12.2. The van der Waals surface area contributed by atoms with Gasteiger partial charge in [0, 0.05) is 6.04 Å². The van der Waals surface area contributed by atoms with Crippen LogP contribution in [0.3, 0.4) is 0 Å². The number of carbonyl (C=O) groups excluding carboxylic acids is 1. The first-order chi connectivity index (χ1) is 9.70. The lowest BCUT2D eigenvalue weighted by atomic mass is 10.1. The number of nitrogens with one attached hydrogen (secondary N) is 1. The van der Waals surface area contributed by atoms with Gasteiger partial charge in [0.05, 0.1) is 12.7 Å². The fraction of sp³-hybridized carbons (Fsp3) is 0.235. The van der Waals surface area contributed by atoms with Crippen LogP contribution in [0.4, 0.5) is 0 Å². The van der Waals surface area contributed by atoms with Crippen molar-refractivity contribution in [2.24, 2.45) is 0 Å². The van der Waals surface area contributed by atoms with Gasteiger partial charge in [-0.2, -0.15) is 0 Å². The molecule has 104 valence electrons. The summed E-state index contributed by atoms with van der Waals surface area (Å²) in [5.74, 6) is 0.489. The molecule has 20 heavy (non-hydrogen) atoms. The van der Waals surface area contributed by atoms with Gasteiger partial charge in [0.1, 0.15) is 5.75 Å². The molecule has 3 heteroatoms. The molecule has 1 N–H and O–H groups in total. The Labute approximate surface area is 119 Å². The third kappa shape index (κ3) is 3.60. The summed E-state index contributed by atoms with van der Waals surface area (Å²) in [6.45, 7) is 2.00. The van der Waals surface area contributed by atoms with Crippen molar-refractivity contribution in [2.45, 2.75) is 19.4 Å². The number of hydrogen-bond donors (Lipinski definition) is 1. The van der Waals surface area contributed by atoms with Crippen LogP contribution in [0, 0.1) is 0 Å². The minimum atomic E-state index is -0.106. The third-order valence-corrected chi connectivity index (χ3v) is 3.11. The van der Waals surface area contributed by atoms with Gasteiger partial charge in [0.15, 0.2) is 0 Å². The van der Waals surface area contributed by atoms with Gasteiger partial charge in [0.25, 0.3) is 5.91 Å². The summed E-state index contributed by atoms with van der Waals surface area (Å²) in [6.07, 6.45) is 0.807. The van der Waals surface area contributed by atoms with E-state index in [0.717, 1.165) is 6.42 Å². The second-order valence-electron chi connectivity index (χ2n) is 4.76. The van der Waals surface area contributed by atoms with Crippen LogP contribution in [0.1, 0.15) is 22.8 Å². The van der Waals surface area contributed by atoms with E-state index in [4.69, 9.17) is 4.74 Å². The van der Waals surface area contributed by atoms with Gasteiger partial charge < -0.3 is 10.1 Å². The third-order valence-electron chi connectivity index (χ3n) is 3.11. The number of methoxy groups -OCH3 is 1. The predicted molar refractivity (Wildman–Crippen MR) is 80.1 cm³/mol.